The van der Waals surface area contributed by atoms with E-state index in [1.807, 2.05) is 17.9 Å². The predicted octanol–water partition coefficient (Wildman–Crippen LogP) is -0.362. The van der Waals surface area contributed by atoms with Crippen LogP contribution in [0.3, 0.4) is 0 Å². The van der Waals surface area contributed by atoms with E-state index in [0.29, 0.717) is 84.1 Å². The zero-order valence-electron chi connectivity index (χ0n) is 54.1. The van der Waals surface area contributed by atoms with Gasteiger partial charge in [0.25, 0.3) is 5.91 Å². The van der Waals surface area contributed by atoms with Crippen molar-refractivity contribution in [2.24, 2.45) is 7.05 Å². The largest absolute Gasteiger partial charge is 0.512 e. The molecule has 2 aromatic carbocycles. The van der Waals surface area contributed by atoms with Crippen LogP contribution in [0.1, 0.15) is 53.7 Å². The monoisotopic (exact) mass is 1500 g/mol. The standard InChI is InChI=1S/C30H36N6O7S.C27H48N8O15S2.Y/c1-5-6-11-43-21-12-18(2)27(19(3)13-21)44(41,42)35-24(29(39)40)16-33-28(38)23-17-36(4)25-14-20(7-8-22(25)26(23)37)15-34-30-31-9-10-32-30;1-19(36)13-32-5-9-34(15-24(39)40)11-7-33(8-12-35(10-6-32)16-25(41)42)14-23(38)30-22(18-52-50-48-46)27(44)31-21(17-51-49-47-45)26(43)29-4-3-28-20(2)37;/h7-10,12-14,17,24,35H,5-6,11,15-16H2,1-4H3,(H,33,38)(H,39,40)(H2,31,32,34);21-22,36,45-46H,1,3-18H2,2H3,(H,28,37)(H,29,43)(H,30,38)(H,31,44)(H,39,40)(H,41,42);/t;21-,22-;/m.0./s1. The second kappa shape index (κ2) is 44.2. The molecule has 1 aliphatic rings. The maximum atomic E-state index is 13.4. The van der Waals surface area contributed by atoms with Crippen molar-refractivity contribution in [1.29, 1.82) is 0 Å². The molecule has 36 nitrogen and oxygen atoms in total. The second-order valence-electron chi connectivity index (χ2n) is 21.7. The number of hydrogen-bond donors (Lipinski definition) is 14. The number of fused-ring (bicyclic) bond motifs is 1. The van der Waals surface area contributed by atoms with Gasteiger partial charge in [0.1, 0.15) is 29.4 Å². The Morgan fingerprint density at radius 2 is 1.29 bits per heavy atom. The Hall–Kier alpha value is -6.93. The molecule has 0 saturated carbocycles. The summed E-state index contributed by atoms with van der Waals surface area (Å²) < 4.78 is 44.7. The first-order valence-electron chi connectivity index (χ1n) is 29.8. The summed E-state index contributed by atoms with van der Waals surface area (Å²) >= 11 is 0.923. The molecule has 97 heavy (non-hydrogen) atoms. The molecular formula is C57H84N14O22S3Y. The van der Waals surface area contributed by atoms with Gasteiger partial charge in [0.2, 0.25) is 39.1 Å². The first-order valence-corrected chi connectivity index (χ1v) is 33.1. The third-order valence-corrected chi connectivity index (χ3v) is 17.1. The van der Waals surface area contributed by atoms with Crippen molar-refractivity contribution in [2.45, 2.75) is 70.1 Å². The molecule has 5 rings (SSSR count). The smallest absolute Gasteiger partial charge is 0.323 e. The van der Waals surface area contributed by atoms with Crippen LogP contribution in [0.25, 0.3) is 10.9 Å². The number of carboxylic acids is 3. The number of aromatic nitrogens is 3. The van der Waals surface area contributed by atoms with E-state index in [1.165, 1.54) is 13.1 Å². The normalized spacial score (nSPS) is 14.5. The first-order chi connectivity index (χ1) is 45.6. The summed E-state index contributed by atoms with van der Waals surface area (Å²) in [6.45, 7) is 11.6. The Balaban J connectivity index is 0.000000505. The number of aromatic amines is 1. The van der Waals surface area contributed by atoms with E-state index in [-0.39, 0.29) is 145 Å². The van der Waals surface area contributed by atoms with Gasteiger partial charge in [-0.2, -0.15) is 4.72 Å². The number of aliphatic carboxylic acids is 3. The van der Waals surface area contributed by atoms with Crippen LogP contribution >= 0.6 is 24.1 Å². The van der Waals surface area contributed by atoms with Crippen LogP contribution < -0.4 is 46.8 Å². The van der Waals surface area contributed by atoms with Crippen molar-refractivity contribution in [1.82, 2.24) is 65.4 Å². The van der Waals surface area contributed by atoms with Gasteiger partial charge >= 0.3 is 17.9 Å². The van der Waals surface area contributed by atoms with Gasteiger partial charge in [0.05, 0.1) is 60.5 Å². The van der Waals surface area contributed by atoms with Crippen LogP contribution in [0.5, 0.6) is 5.75 Å². The third kappa shape index (κ3) is 30.8. The number of ether oxygens (including phenoxy) is 1. The summed E-state index contributed by atoms with van der Waals surface area (Å²) in [6, 6.07) is 3.98. The summed E-state index contributed by atoms with van der Waals surface area (Å²) in [5.74, 6) is -6.63. The van der Waals surface area contributed by atoms with E-state index < -0.39 is 81.7 Å². The topological polar surface area (TPSA) is 486 Å². The molecule has 1 unspecified atom stereocenters. The Morgan fingerprint density at radius 1 is 0.742 bits per heavy atom. The van der Waals surface area contributed by atoms with Crippen LogP contribution in [0.15, 0.2) is 71.0 Å². The number of imidazole rings is 1. The fourth-order valence-electron chi connectivity index (χ4n) is 9.53. The van der Waals surface area contributed by atoms with Crippen molar-refractivity contribution < 1.29 is 134 Å². The van der Waals surface area contributed by atoms with Gasteiger partial charge in [-0.15, -0.1) is 8.67 Å². The average molecular weight is 1500 g/mol. The number of nitrogens with zero attached hydrogens (tertiary/aromatic N) is 6. The summed E-state index contributed by atoms with van der Waals surface area (Å²) in [4.78, 5) is 126. The number of hydrogen-bond acceptors (Lipinski definition) is 27. The van der Waals surface area contributed by atoms with Gasteiger partial charge < -0.3 is 66.6 Å². The predicted molar refractivity (Wildman–Crippen MR) is 348 cm³/mol. The van der Waals surface area contributed by atoms with Crippen LogP contribution in [0.2, 0.25) is 0 Å². The van der Waals surface area contributed by atoms with E-state index in [1.54, 1.807) is 76.8 Å². The van der Waals surface area contributed by atoms with E-state index in [2.05, 4.69) is 71.9 Å². The number of sulfonamides is 1. The average Bonchev–Trinajstić information content (AvgIpc) is 1.06. The second-order valence-corrected chi connectivity index (χ2v) is 24.8. The van der Waals surface area contributed by atoms with E-state index >= 15 is 0 Å². The fourth-order valence-corrected chi connectivity index (χ4v) is 12.1. The molecule has 0 aliphatic carbocycles. The molecule has 0 bridgehead atoms. The first kappa shape index (κ1) is 84.3. The number of pyridine rings is 1. The number of unbranched alkanes of at least 4 members (excludes halogenated alkanes) is 1. The Kier molecular flexibility index (Phi) is 38.4. The number of anilines is 1. The van der Waals surface area contributed by atoms with Crippen molar-refractivity contribution in [3.05, 3.63) is 93.7 Å². The zero-order valence-corrected chi connectivity index (χ0v) is 59.4. The van der Waals surface area contributed by atoms with Crippen LogP contribution in [-0.2, 0) is 109 Å². The number of nitrogens with one attached hydrogen (secondary N) is 8. The quantitative estimate of drug-likeness (QED) is 0.00901. The minimum atomic E-state index is -4.30. The van der Waals surface area contributed by atoms with Gasteiger partial charge in [-0.25, -0.2) is 23.9 Å². The number of H-pyrrole nitrogens is 1. The molecule has 40 heteroatoms. The Morgan fingerprint density at radius 3 is 1.79 bits per heavy atom. The molecule has 1 radical (unpaired) electrons. The van der Waals surface area contributed by atoms with Gasteiger partial charge in [0, 0.05) is 173 Å². The van der Waals surface area contributed by atoms with Crippen molar-refractivity contribution in [2.75, 3.05) is 122 Å². The van der Waals surface area contributed by atoms with E-state index in [0.717, 1.165) is 18.4 Å². The van der Waals surface area contributed by atoms with Crippen LogP contribution in [0.4, 0.5) is 5.95 Å². The molecule has 1 fully saturated rings. The minimum Gasteiger partial charge on any atom is -0.512 e. The van der Waals surface area contributed by atoms with Gasteiger partial charge in [0.15, 0.2) is 5.95 Å². The minimum absolute atomic E-state index is 0. The maximum absolute atomic E-state index is 13.4. The molecule has 3 atom stereocenters. The Bertz CT molecular complexity index is 3380. The molecule has 1 saturated heterocycles. The summed E-state index contributed by atoms with van der Waals surface area (Å²) in [5, 5.41) is 78.4. The number of amides is 5. The van der Waals surface area contributed by atoms with Gasteiger partial charge in [-0.05, 0) is 61.2 Å². The number of aryl methyl sites for hydroxylation is 3. The summed E-state index contributed by atoms with van der Waals surface area (Å²) in [6.07, 6.45) is 6.48. The zero-order chi connectivity index (χ0) is 70.9. The van der Waals surface area contributed by atoms with E-state index in [4.69, 9.17) is 15.3 Å². The van der Waals surface area contributed by atoms with Gasteiger partial charge in [-0.3, -0.25) is 62.8 Å². The SMILES string of the molecule is C=C(O)CN1CCN(CC(=O)O)CCN(CC(=O)N[C@@H](CSOOO)C(=O)N[C@@H](CSOOO)C(=O)NCCNC(C)=O)CCN(CC(=O)O)CC1.CCCCOc1cc(C)c(S(=O)(=O)NC(CNC(=O)c2cn(C)c3cc(CNc4ncc[nH]4)ccc3c2=O)C(=O)O)c(C)c1.[Y]. The third-order valence-electron chi connectivity index (χ3n) is 14.1. The summed E-state index contributed by atoms with van der Waals surface area (Å²) in [7, 11) is -2.62. The number of carbonyl (C=O) groups is 8. The van der Waals surface area contributed by atoms with Crippen LogP contribution in [-0.4, -0.2) is 255 Å². The maximum Gasteiger partial charge on any atom is 0.323 e. The van der Waals surface area contributed by atoms with Crippen molar-refractivity contribution in [3.8, 4) is 5.75 Å². The molecule has 14 N–H and O–H groups in total. The van der Waals surface area contributed by atoms with Crippen molar-refractivity contribution in [3.63, 3.8) is 0 Å². The van der Waals surface area contributed by atoms with E-state index in [9.17, 15) is 72.0 Å². The number of aliphatic hydroxyl groups is 1. The number of benzene rings is 2. The van der Waals surface area contributed by atoms with Gasteiger partial charge in [-0.1, -0.05) is 36.1 Å². The molecule has 0 spiro atoms. The molecule has 4 aromatic rings. The molecule has 2 aromatic heterocycles. The molecular weight excluding hydrogens is 1420 g/mol. The number of aliphatic hydroxyl groups excluding tert-OH is 1. The van der Waals surface area contributed by atoms with Crippen molar-refractivity contribution >= 4 is 98.4 Å². The number of carbonyl (C=O) groups excluding carboxylic acids is 5. The molecule has 535 valence electrons. The Labute approximate surface area is 592 Å². The van der Waals surface area contributed by atoms with Crippen LogP contribution in [0, 0.1) is 13.8 Å². The fraction of sp³-hybridized carbons (Fsp3) is 0.509. The number of rotatable bonds is 37. The molecule has 5 amide bonds. The molecule has 1 aliphatic heterocycles. The molecule has 3 heterocycles. The number of carboxylic acid groups (broad SMARTS) is 3. The summed E-state index contributed by atoms with van der Waals surface area (Å²) in [5.41, 5.74) is 1.49.